The van der Waals surface area contributed by atoms with Crippen LogP contribution in [0.2, 0.25) is 0 Å². The second-order valence-corrected chi connectivity index (χ2v) is 5.65. The number of nitrogens with zero attached hydrogens (tertiary/aromatic N) is 1. The van der Waals surface area contributed by atoms with Crippen LogP contribution < -0.4 is 0 Å². The molecule has 0 saturated heterocycles. The van der Waals surface area contributed by atoms with E-state index in [1.54, 1.807) is 20.1 Å². The van der Waals surface area contributed by atoms with Crippen LogP contribution in [0.5, 0.6) is 0 Å². The molecule has 1 atom stereocenters. The lowest BCUT2D eigenvalue weighted by Gasteiger charge is -2.33. The number of carbonyl (C=O) groups is 2. The third kappa shape index (κ3) is 1.71. The van der Waals surface area contributed by atoms with E-state index in [4.69, 9.17) is 4.74 Å². The number of carbonyl (C=O) groups excluding carboxylic acids is 2. The standard InChI is InChI=1S/C14H19NO3/c1-5-18-12(17)14(4)11-9(8-15-14)13(2,3)7-6-10(11)16/h8H,5-7H2,1-4H3. The first-order valence-corrected chi connectivity index (χ1v) is 6.34. The highest BCUT2D eigenvalue weighted by atomic mass is 16.5. The molecule has 2 aliphatic rings. The van der Waals surface area contributed by atoms with Crippen LogP contribution in [0, 0.1) is 5.41 Å². The molecular weight excluding hydrogens is 230 g/mol. The van der Waals surface area contributed by atoms with Crippen molar-refractivity contribution in [2.24, 2.45) is 10.4 Å². The molecule has 4 nitrogen and oxygen atoms in total. The number of ketones is 1. The first-order valence-electron chi connectivity index (χ1n) is 6.34. The topological polar surface area (TPSA) is 55.7 Å². The molecule has 1 aliphatic carbocycles. The van der Waals surface area contributed by atoms with Gasteiger partial charge in [-0.15, -0.1) is 0 Å². The van der Waals surface area contributed by atoms with Crippen LogP contribution in [0.3, 0.4) is 0 Å². The van der Waals surface area contributed by atoms with Gasteiger partial charge in [-0.25, -0.2) is 4.79 Å². The first-order chi connectivity index (χ1) is 8.33. The van der Waals surface area contributed by atoms with Crippen LogP contribution in [0.15, 0.2) is 16.1 Å². The molecule has 0 aromatic carbocycles. The summed E-state index contributed by atoms with van der Waals surface area (Å²) < 4.78 is 5.06. The molecule has 0 saturated carbocycles. The Balaban J connectivity index is 2.49. The molecule has 0 fully saturated rings. The molecule has 0 radical (unpaired) electrons. The fourth-order valence-corrected chi connectivity index (χ4v) is 2.63. The lowest BCUT2D eigenvalue weighted by atomic mass is 9.69. The Morgan fingerprint density at radius 3 is 2.72 bits per heavy atom. The number of hydrogen-bond acceptors (Lipinski definition) is 4. The molecule has 0 spiro atoms. The maximum atomic E-state index is 12.1. The minimum absolute atomic E-state index is 0.0254. The van der Waals surface area contributed by atoms with Crippen molar-refractivity contribution < 1.29 is 14.3 Å². The maximum Gasteiger partial charge on any atom is 0.338 e. The smallest absolute Gasteiger partial charge is 0.338 e. The van der Waals surface area contributed by atoms with Crippen molar-refractivity contribution in [1.29, 1.82) is 0 Å². The molecule has 0 N–H and O–H groups in total. The molecule has 0 aromatic rings. The summed E-state index contributed by atoms with van der Waals surface area (Å²) in [6.45, 7) is 7.88. The highest BCUT2D eigenvalue weighted by Gasteiger charge is 2.50. The molecule has 0 aromatic heterocycles. The summed E-state index contributed by atoms with van der Waals surface area (Å²) in [5, 5.41) is 0. The van der Waals surface area contributed by atoms with E-state index in [9.17, 15) is 9.59 Å². The van der Waals surface area contributed by atoms with E-state index in [0.717, 1.165) is 12.0 Å². The summed E-state index contributed by atoms with van der Waals surface area (Å²) in [5.41, 5.74) is 0.198. The summed E-state index contributed by atoms with van der Waals surface area (Å²) in [6.07, 6.45) is 2.96. The molecule has 2 rings (SSSR count). The van der Waals surface area contributed by atoms with Crippen molar-refractivity contribution in [1.82, 2.24) is 0 Å². The number of aliphatic imine (C=N–C) groups is 1. The SMILES string of the molecule is CCOC(=O)C1(C)N=CC2=C1C(=O)CCC2(C)C. The Bertz CT molecular complexity index is 473. The molecule has 1 aliphatic heterocycles. The molecule has 0 amide bonds. The molecular formula is C14H19NO3. The van der Waals surface area contributed by atoms with Gasteiger partial charge in [-0.1, -0.05) is 13.8 Å². The minimum Gasteiger partial charge on any atom is -0.464 e. The van der Waals surface area contributed by atoms with E-state index in [1.165, 1.54) is 0 Å². The van der Waals surface area contributed by atoms with Crippen molar-refractivity contribution in [3.8, 4) is 0 Å². The molecule has 1 unspecified atom stereocenters. The van der Waals surface area contributed by atoms with Crippen LogP contribution in [0.1, 0.15) is 40.5 Å². The number of esters is 1. The largest absolute Gasteiger partial charge is 0.464 e. The third-order valence-electron chi connectivity index (χ3n) is 3.87. The second-order valence-electron chi connectivity index (χ2n) is 5.65. The van der Waals surface area contributed by atoms with Gasteiger partial charge in [-0.2, -0.15) is 0 Å². The Kier molecular flexibility index (Phi) is 2.92. The lowest BCUT2D eigenvalue weighted by Crippen LogP contribution is -2.41. The first kappa shape index (κ1) is 13.0. The molecule has 98 valence electrons. The summed E-state index contributed by atoms with van der Waals surface area (Å²) in [6, 6.07) is 0. The number of hydrogen-bond donors (Lipinski definition) is 0. The number of Topliss-reactive ketones (excluding diaryl/α,β-unsaturated/α-hetero) is 1. The van der Waals surface area contributed by atoms with Crippen molar-refractivity contribution in [3.63, 3.8) is 0 Å². The van der Waals surface area contributed by atoms with Gasteiger partial charge in [0.25, 0.3) is 0 Å². The van der Waals surface area contributed by atoms with Crippen molar-refractivity contribution in [2.45, 2.75) is 46.1 Å². The van der Waals surface area contributed by atoms with Crippen LogP contribution in [-0.2, 0) is 14.3 Å². The van der Waals surface area contributed by atoms with E-state index < -0.39 is 11.5 Å². The van der Waals surface area contributed by atoms with E-state index in [2.05, 4.69) is 18.8 Å². The van der Waals surface area contributed by atoms with Crippen LogP contribution in [0.4, 0.5) is 0 Å². The van der Waals surface area contributed by atoms with Crippen LogP contribution in [0.25, 0.3) is 0 Å². The van der Waals surface area contributed by atoms with E-state index in [-0.39, 0.29) is 11.2 Å². The molecule has 18 heavy (non-hydrogen) atoms. The highest BCUT2D eigenvalue weighted by Crippen LogP contribution is 2.45. The van der Waals surface area contributed by atoms with Crippen molar-refractivity contribution in [3.05, 3.63) is 11.1 Å². The maximum absolute atomic E-state index is 12.1. The van der Waals surface area contributed by atoms with Gasteiger partial charge in [0.15, 0.2) is 11.3 Å². The number of allylic oxidation sites excluding steroid dienone is 1. The zero-order chi connectivity index (χ0) is 13.6. The summed E-state index contributed by atoms with van der Waals surface area (Å²) in [7, 11) is 0. The van der Waals surface area contributed by atoms with Gasteiger partial charge < -0.3 is 4.74 Å². The van der Waals surface area contributed by atoms with Gasteiger partial charge in [-0.05, 0) is 31.3 Å². The Morgan fingerprint density at radius 1 is 1.44 bits per heavy atom. The number of rotatable bonds is 2. The average Bonchev–Trinajstić information content (AvgIpc) is 2.66. The van der Waals surface area contributed by atoms with Gasteiger partial charge >= 0.3 is 5.97 Å². The quantitative estimate of drug-likeness (QED) is 0.704. The van der Waals surface area contributed by atoms with Gasteiger partial charge in [-0.3, -0.25) is 9.79 Å². The fraction of sp³-hybridized carbons (Fsp3) is 0.643. The summed E-state index contributed by atoms with van der Waals surface area (Å²) >= 11 is 0. The average molecular weight is 249 g/mol. The van der Waals surface area contributed by atoms with Crippen LogP contribution >= 0.6 is 0 Å². The predicted octanol–water partition coefficient (Wildman–Crippen LogP) is 2.08. The summed E-state index contributed by atoms with van der Waals surface area (Å²) in [5.74, 6) is -0.408. The normalized spacial score (nSPS) is 29.4. The Labute approximate surface area is 107 Å². The van der Waals surface area contributed by atoms with Crippen molar-refractivity contribution in [2.75, 3.05) is 6.61 Å². The van der Waals surface area contributed by atoms with E-state index in [0.29, 0.717) is 18.6 Å². The second kappa shape index (κ2) is 4.04. The van der Waals surface area contributed by atoms with Gasteiger partial charge in [0.05, 0.1) is 6.61 Å². The summed E-state index contributed by atoms with van der Waals surface area (Å²) in [4.78, 5) is 28.5. The highest BCUT2D eigenvalue weighted by molar-refractivity contribution is 6.13. The zero-order valence-corrected chi connectivity index (χ0v) is 11.4. The van der Waals surface area contributed by atoms with Gasteiger partial charge in [0.1, 0.15) is 0 Å². The number of ether oxygens (including phenoxy) is 1. The monoisotopic (exact) mass is 249 g/mol. The molecule has 1 heterocycles. The van der Waals surface area contributed by atoms with Crippen LogP contribution in [-0.4, -0.2) is 30.1 Å². The Hall–Kier alpha value is -1.45. The zero-order valence-electron chi connectivity index (χ0n) is 11.4. The minimum atomic E-state index is -1.14. The fourth-order valence-electron chi connectivity index (χ4n) is 2.63. The van der Waals surface area contributed by atoms with Gasteiger partial charge in [0, 0.05) is 18.2 Å². The third-order valence-corrected chi connectivity index (χ3v) is 3.87. The van der Waals surface area contributed by atoms with Gasteiger partial charge in [0.2, 0.25) is 0 Å². The molecule has 0 bridgehead atoms. The predicted molar refractivity (Wildman–Crippen MR) is 68.6 cm³/mol. The Morgan fingerprint density at radius 2 is 2.11 bits per heavy atom. The van der Waals surface area contributed by atoms with E-state index >= 15 is 0 Å². The van der Waals surface area contributed by atoms with Crippen molar-refractivity contribution >= 4 is 18.0 Å². The molecule has 4 heteroatoms. The lowest BCUT2D eigenvalue weighted by molar-refractivity contribution is -0.148. The van der Waals surface area contributed by atoms with E-state index in [1.807, 2.05) is 0 Å².